The second-order valence-corrected chi connectivity index (χ2v) is 5.24. The van der Waals surface area contributed by atoms with Crippen molar-refractivity contribution in [3.05, 3.63) is 64.7 Å². The zero-order valence-electron chi connectivity index (χ0n) is 11.2. The Kier molecular flexibility index (Phi) is 3.16. The molecule has 0 atom stereocenters. The minimum Gasteiger partial charge on any atom is -0.399 e. The molecule has 0 saturated heterocycles. The first-order valence-corrected chi connectivity index (χ1v) is 6.60. The summed E-state index contributed by atoms with van der Waals surface area (Å²) in [5.41, 5.74) is 16.2. The van der Waals surface area contributed by atoms with E-state index in [-0.39, 0.29) is 5.91 Å². The molecule has 2 aromatic carbocycles. The van der Waals surface area contributed by atoms with Gasteiger partial charge in [-0.15, -0.1) is 0 Å². The number of primary amides is 1. The van der Waals surface area contributed by atoms with Gasteiger partial charge in [0.1, 0.15) is 0 Å². The first kappa shape index (κ1) is 12.7. The van der Waals surface area contributed by atoms with E-state index in [1.807, 2.05) is 30.3 Å². The average Bonchev–Trinajstić information content (AvgIpc) is 2.80. The first-order chi connectivity index (χ1) is 9.61. The molecule has 1 heterocycles. The van der Waals surface area contributed by atoms with Gasteiger partial charge in [0.25, 0.3) is 0 Å². The zero-order valence-corrected chi connectivity index (χ0v) is 11.2. The predicted molar refractivity (Wildman–Crippen MR) is 78.8 cm³/mol. The number of carbonyl (C=O) groups excluding carboxylic acids is 1. The van der Waals surface area contributed by atoms with E-state index >= 15 is 0 Å². The van der Waals surface area contributed by atoms with Crippen LogP contribution in [0.5, 0.6) is 0 Å². The Hall–Kier alpha value is -2.33. The molecular formula is C16H17N3O. The van der Waals surface area contributed by atoms with Crippen LogP contribution in [0.2, 0.25) is 0 Å². The van der Waals surface area contributed by atoms with E-state index in [0.717, 1.165) is 30.9 Å². The normalized spacial score (nSPS) is 14.2. The Labute approximate surface area is 118 Å². The first-order valence-electron chi connectivity index (χ1n) is 6.60. The summed E-state index contributed by atoms with van der Waals surface area (Å²) in [5, 5.41) is 0. The Balaban J connectivity index is 1.74. The lowest BCUT2D eigenvalue weighted by Gasteiger charge is -2.15. The van der Waals surface area contributed by atoms with Gasteiger partial charge in [-0.1, -0.05) is 18.2 Å². The van der Waals surface area contributed by atoms with Crippen LogP contribution in [-0.4, -0.2) is 10.8 Å². The number of benzene rings is 2. The van der Waals surface area contributed by atoms with Crippen LogP contribution in [0.3, 0.4) is 0 Å². The Morgan fingerprint density at radius 3 is 2.70 bits per heavy atom. The van der Waals surface area contributed by atoms with Gasteiger partial charge in [0.2, 0.25) is 5.91 Å². The van der Waals surface area contributed by atoms with E-state index in [2.05, 4.69) is 11.0 Å². The van der Waals surface area contributed by atoms with Crippen molar-refractivity contribution < 1.29 is 4.79 Å². The minimum absolute atomic E-state index is 0.385. The molecule has 3 rings (SSSR count). The third kappa shape index (κ3) is 2.51. The molecule has 0 radical (unpaired) electrons. The highest BCUT2D eigenvalue weighted by atomic mass is 16.1. The summed E-state index contributed by atoms with van der Waals surface area (Å²) in [6.07, 6.45) is 0. The molecule has 0 aromatic heterocycles. The van der Waals surface area contributed by atoms with Crippen LogP contribution in [0.25, 0.3) is 0 Å². The van der Waals surface area contributed by atoms with Gasteiger partial charge < -0.3 is 11.5 Å². The van der Waals surface area contributed by atoms with Crippen LogP contribution in [0, 0.1) is 0 Å². The van der Waals surface area contributed by atoms with Gasteiger partial charge in [-0.3, -0.25) is 9.69 Å². The molecule has 0 saturated carbocycles. The number of amides is 1. The van der Waals surface area contributed by atoms with Crippen LogP contribution in [-0.2, 0) is 19.6 Å². The maximum absolute atomic E-state index is 11.2. The molecule has 4 N–H and O–H groups in total. The number of nitrogen functional groups attached to an aromatic ring is 1. The third-order valence-corrected chi connectivity index (χ3v) is 3.64. The summed E-state index contributed by atoms with van der Waals surface area (Å²) in [5.74, 6) is -0.385. The van der Waals surface area contributed by atoms with Crippen LogP contribution >= 0.6 is 0 Å². The molecular weight excluding hydrogens is 250 g/mol. The quantitative estimate of drug-likeness (QED) is 0.834. The molecule has 0 spiro atoms. The van der Waals surface area contributed by atoms with Crippen LogP contribution < -0.4 is 11.5 Å². The monoisotopic (exact) mass is 267 g/mol. The lowest BCUT2D eigenvalue weighted by atomic mass is 10.1. The topological polar surface area (TPSA) is 72.4 Å². The smallest absolute Gasteiger partial charge is 0.248 e. The SMILES string of the molecule is NC(=O)c1cccc(CN2Cc3ccc(N)cc3C2)c1. The van der Waals surface area contributed by atoms with Crippen molar-refractivity contribution in [2.45, 2.75) is 19.6 Å². The van der Waals surface area contributed by atoms with Gasteiger partial charge in [-0.05, 0) is 41.0 Å². The summed E-state index contributed by atoms with van der Waals surface area (Å²) in [6, 6.07) is 13.6. The molecule has 4 heteroatoms. The maximum Gasteiger partial charge on any atom is 0.248 e. The van der Waals surface area contributed by atoms with Gasteiger partial charge in [0.15, 0.2) is 0 Å². The van der Waals surface area contributed by atoms with E-state index in [0.29, 0.717) is 5.56 Å². The summed E-state index contributed by atoms with van der Waals surface area (Å²) in [6.45, 7) is 2.60. The number of hydrogen-bond donors (Lipinski definition) is 2. The lowest BCUT2D eigenvalue weighted by Crippen LogP contribution is -2.16. The molecule has 0 fully saturated rings. The van der Waals surface area contributed by atoms with Crippen molar-refractivity contribution in [1.82, 2.24) is 4.90 Å². The fraction of sp³-hybridized carbons (Fsp3) is 0.188. The fourth-order valence-corrected chi connectivity index (χ4v) is 2.68. The Morgan fingerprint density at radius 2 is 1.90 bits per heavy atom. The molecule has 2 aromatic rings. The van der Waals surface area contributed by atoms with Crippen LogP contribution in [0.1, 0.15) is 27.0 Å². The van der Waals surface area contributed by atoms with Gasteiger partial charge >= 0.3 is 0 Å². The van der Waals surface area contributed by atoms with Crippen molar-refractivity contribution in [2.24, 2.45) is 5.73 Å². The van der Waals surface area contributed by atoms with Crippen molar-refractivity contribution in [3.63, 3.8) is 0 Å². The van der Waals surface area contributed by atoms with E-state index in [4.69, 9.17) is 11.5 Å². The molecule has 1 aliphatic rings. The number of rotatable bonds is 3. The molecule has 20 heavy (non-hydrogen) atoms. The number of anilines is 1. The number of hydrogen-bond acceptors (Lipinski definition) is 3. The highest BCUT2D eigenvalue weighted by Crippen LogP contribution is 2.26. The van der Waals surface area contributed by atoms with Gasteiger partial charge in [-0.2, -0.15) is 0 Å². The second kappa shape index (κ2) is 4.98. The Morgan fingerprint density at radius 1 is 1.10 bits per heavy atom. The number of nitrogens with two attached hydrogens (primary N) is 2. The number of fused-ring (bicyclic) bond motifs is 1. The van der Waals surface area contributed by atoms with Gasteiger partial charge in [0, 0.05) is 30.9 Å². The maximum atomic E-state index is 11.2. The third-order valence-electron chi connectivity index (χ3n) is 3.64. The summed E-state index contributed by atoms with van der Waals surface area (Å²) in [4.78, 5) is 13.5. The standard InChI is InChI=1S/C16H17N3O/c17-15-5-4-13-9-19(10-14(13)7-15)8-11-2-1-3-12(6-11)16(18)20/h1-7H,8-10,17H2,(H2,18,20). The van der Waals surface area contributed by atoms with Gasteiger partial charge in [0.05, 0.1) is 0 Å². The van der Waals surface area contributed by atoms with Gasteiger partial charge in [-0.25, -0.2) is 0 Å². The largest absolute Gasteiger partial charge is 0.399 e. The predicted octanol–water partition coefficient (Wildman–Crippen LogP) is 1.88. The van der Waals surface area contributed by atoms with E-state index < -0.39 is 0 Å². The molecule has 1 aliphatic heterocycles. The molecule has 1 amide bonds. The van der Waals surface area contributed by atoms with Crippen molar-refractivity contribution in [1.29, 1.82) is 0 Å². The molecule has 0 aliphatic carbocycles. The van der Waals surface area contributed by atoms with E-state index in [9.17, 15) is 4.79 Å². The highest BCUT2D eigenvalue weighted by molar-refractivity contribution is 5.92. The molecule has 0 bridgehead atoms. The molecule has 0 unspecified atom stereocenters. The lowest BCUT2D eigenvalue weighted by molar-refractivity contribution is 0.1000. The van der Waals surface area contributed by atoms with E-state index in [1.165, 1.54) is 11.1 Å². The Bertz CT molecular complexity index is 667. The zero-order chi connectivity index (χ0) is 14.1. The fourth-order valence-electron chi connectivity index (χ4n) is 2.68. The van der Waals surface area contributed by atoms with Crippen molar-refractivity contribution in [2.75, 3.05) is 5.73 Å². The average molecular weight is 267 g/mol. The molecule has 4 nitrogen and oxygen atoms in total. The summed E-state index contributed by atoms with van der Waals surface area (Å²) in [7, 11) is 0. The van der Waals surface area contributed by atoms with E-state index in [1.54, 1.807) is 6.07 Å². The minimum atomic E-state index is -0.385. The van der Waals surface area contributed by atoms with Crippen LogP contribution in [0.15, 0.2) is 42.5 Å². The summed E-state index contributed by atoms with van der Waals surface area (Å²) >= 11 is 0. The summed E-state index contributed by atoms with van der Waals surface area (Å²) < 4.78 is 0. The molecule has 102 valence electrons. The number of nitrogens with zero attached hydrogens (tertiary/aromatic N) is 1. The second-order valence-electron chi connectivity index (χ2n) is 5.24. The van der Waals surface area contributed by atoms with Crippen LogP contribution in [0.4, 0.5) is 5.69 Å². The number of carbonyl (C=O) groups is 1. The highest BCUT2D eigenvalue weighted by Gasteiger charge is 2.19. The van der Waals surface area contributed by atoms with Crippen molar-refractivity contribution >= 4 is 11.6 Å². The van der Waals surface area contributed by atoms with Crippen molar-refractivity contribution in [3.8, 4) is 0 Å².